The number of rotatable bonds is 4. The number of methoxy groups -OCH3 is 1. The predicted molar refractivity (Wildman–Crippen MR) is 65.2 cm³/mol. The second-order valence-electron chi connectivity index (χ2n) is 3.01. The van der Waals surface area contributed by atoms with Gasteiger partial charge in [-0.1, -0.05) is 6.07 Å². The highest BCUT2D eigenvalue weighted by Gasteiger charge is 2.03. The Kier molecular flexibility index (Phi) is 5.16. The van der Waals surface area contributed by atoms with E-state index in [4.69, 9.17) is 4.74 Å². The van der Waals surface area contributed by atoms with E-state index in [2.05, 4.69) is 4.74 Å². The molecule has 0 spiro atoms. The van der Waals surface area contributed by atoms with Gasteiger partial charge in [0, 0.05) is 11.8 Å². The van der Waals surface area contributed by atoms with E-state index < -0.39 is 11.9 Å². The number of ether oxygens (including phenoxy) is 2. The van der Waals surface area contributed by atoms with Crippen LogP contribution in [0, 0.1) is 0 Å². The Balaban J connectivity index is 2.80. The molecule has 0 aliphatic rings. The zero-order valence-corrected chi connectivity index (χ0v) is 10.3. The summed E-state index contributed by atoms with van der Waals surface area (Å²) in [7, 11) is 1.26. The van der Waals surface area contributed by atoms with E-state index >= 15 is 0 Å². The van der Waals surface area contributed by atoms with Crippen LogP contribution < -0.4 is 0 Å². The molecule has 1 heterocycles. The molecule has 0 fully saturated rings. The van der Waals surface area contributed by atoms with Crippen LogP contribution in [0.5, 0.6) is 0 Å². The third-order valence-electron chi connectivity index (χ3n) is 1.68. The smallest absolute Gasteiger partial charge is 0.334 e. The van der Waals surface area contributed by atoms with Gasteiger partial charge in [0.05, 0.1) is 13.2 Å². The van der Waals surface area contributed by atoms with E-state index in [0.29, 0.717) is 0 Å². The van der Waals surface area contributed by atoms with Crippen LogP contribution in [0.3, 0.4) is 0 Å². The van der Waals surface area contributed by atoms with Crippen molar-refractivity contribution in [3.8, 4) is 0 Å². The molecule has 0 saturated heterocycles. The lowest BCUT2D eigenvalue weighted by molar-refractivity contribution is -0.137. The first-order chi connectivity index (χ1) is 8.11. The van der Waals surface area contributed by atoms with Crippen molar-refractivity contribution in [3.05, 3.63) is 40.3 Å². The van der Waals surface area contributed by atoms with Crippen molar-refractivity contribution in [2.45, 2.75) is 6.92 Å². The monoisotopic (exact) mass is 252 g/mol. The van der Waals surface area contributed by atoms with Gasteiger partial charge in [-0.25, -0.2) is 4.79 Å². The fraction of sp³-hybridized carbons (Fsp3) is 0.167. The molecule has 0 saturated carbocycles. The van der Waals surface area contributed by atoms with Gasteiger partial charge in [-0.05, 0) is 23.6 Å². The largest absolute Gasteiger partial charge is 0.466 e. The lowest BCUT2D eigenvalue weighted by atomic mass is 10.3. The predicted octanol–water partition coefficient (Wildman–Crippen LogP) is 2.38. The SMILES string of the molecule is COC(=O)C=C(C=Cc1cccs1)OC(C)=O. The molecule has 0 aromatic carbocycles. The van der Waals surface area contributed by atoms with Crippen LogP contribution in [0.25, 0.3) is 6.08 Å². The molecule has 0 radical (unpaired) electrons. The van der Waals surface area contributed by atoms with Crippen LogP contribution in [0.4, 0.5) is 0 Å². The second-order valence-corrected chi connectivity index (χ2v) is 3.99. The minimum Gasteiger partial charge on any atom is -0.466 e. The number of carbonyl (C=O) groups is 2. The van der Waals surface area contributed by atoms with Gasteiger partial charge in [0.1, 0.15) is 5.76 Å². The Morgan fingerprint density at radius 2 is 2.18 bits per heavy atom. The van der Waals surface area contributed by atoms with Crippen molar-refractivity contribution < 1.29 is 19.1 Å². The summed E-state index contributed by atoms with van der Waals surface area (Å²) in [5, 5.41) is 1.93. The number of carbonyl (C=O) groups excluding carboxylic acids is 2. The Morgan fingerprint density at radius 3 is 2.71 bits per heavy atom. The van der Waals surface area contributed by atoms with Crippen LogP contribution in [0.1, 0.15) is 11.8 Å². The standard InChI is InChI=1S/C12H12O4S/c1-9(13)16-10(8-12(14)15-2)5-6-11-4-3-7-17-11/h3-8H,1-2H3. The molecule has 17 heavy (non-hydrogen) atoms. The number of thiophene rings is 1. The van der Waals surface area contributed by atoms with Gasteiger partial charge in [0.2, 0.25) is 0 Å². The van der Waals surface area contributed by atoms with E-state index in [1.807, 2.05) is 17.5 Å². The van der Waals surface area contributed by atoms with Crippen LogP contribution in [0.2, 0.25) is 0 Å². The highest BCUT2D eigenvalue weighted by Crippen LogP contribution is 2.12. The lowest BCUT2D eigenvalue weighted by Crippen LogP contribution is -2.02. The van der Waals surface area contributed by atoms with E-state index in [9.17, 15) is 9.59 Å². The fourth-order valence-electron chi connectivity index (χ4n) is 1.00. The second kappa shape index (κ2) is 6.65. The highest BCUT2D eigenvalue weighted by molar-refractivity contribution is 7.10. The van der Waals surface area contributed by atoms with Gasteiger partial charge in [0.15, 0.2) is 0 Å². The molecule has 90 valence electrons. The van der Waals surface area contributed by atoms with E-state index in [1.165, 1.54) is 25.4 Å². The summed E-state index contributed by atoms with van der Waals surface area (Å²) in [4.78, 5) is 22.9. The average molecular weight is 252 g/mol. The molecule has 1 aromatic heterocycles. The Bertz CT molecular complexity index is 443. The van der Waals surface area contributed by atoms with Crippen molar-refractivity contribution in [2.75, 3.05) is 7.11 Å². The zero-order chi connectivity index (χ0) is 12.7. The molecule has 0 unspecified atom stereocenters. The van der Waals surface area contributed by atoms with E-state index in [1.54, 1.807) is 12.2 Å². The quantitative estimate of drug-likeness (QED) is 0.357. The number of hydrogen-bond donors (Lipinski definition) is 0. The molecule has 0 aliphatic carbocycles. The molecular formula is C12H12O4S. The minimum atomic E-state index is -0.572. The van der Waals surface area contributed by atoms with Crippen LogP contribution in [0.15, 0.2) is 35.4 Å². The highest BCUT2D eigenvalue weighted by atomic mass is 32.1. The molecule has 1 rings (SSSR count). The Hall–Kier alpha value is -1.88. The van der Waals surface area contributed by atoms with Crippen molar-refractivity contribution in [1.82, 2.24) is 0 Å². The van der Waals surface area contributed by atoms with Crippen molar-refractivity contribution >= 4 is 29.4 Å². The average Bonchev–Trinajstić information content (AvgIpc) is 2.77. The number of hydrogen-bond acceptors (Lipinski definition) is 5. The maximum absolute atomic E-state index is 11.0. The van der Waals surface area contributed by atoms with Gasteiger partial charge in [-0.3, -0.25) is 4.79 Å². The molecule has 5 heteroatoms. The summed E-state index contributed by atoms with van der Waals surface area (Å²) in [6, 6.07) is 3.81. The van der Waals surface area contributed by atoms with E-state index in [-0.39, 0.29) is 5.76 Å². The summed E-state index contributed by atoms with van der Waals surface area (Å²) < 4.78 is 9.32. The summed E-state index contributed by atoms with van der Waals surface area (Å²) >= 11 is 1.54. The zero-order valence-electron chi connectivity index (χ0n) is 9.51. The Labute approximate surface area is 103 Å². The molecule has 4 nitrogen and oxygen atoms in total. The van der Waals surface area contributed by atoms with E-state index in [0.717, 1.165) is 11.0 Å². The minimum absolute atomic E-state index is 0.151. The summed E-state index contributed by atoms with van der Waals surface area (Å²) in [6.07, 6.45) is 4.41. The van der Waals surface area contributed by atoms with Gasteiger partial charge >= 0.3 is 11.9 Å². The fourth-order valence-corrected chi connectivity index (χ4v) is 1.62. The maximum atomic E-state index is 11.0. The molecule has 0 aliphatic heterocycles. The molecule has 1 aromatic rings. The van der Waals surface area contributed by atoms with Gasteiger partial charge in [0.25, 0.3) is 0 Å². The normalized spacial score (nSPS) is 11.5. The first kappa shape index (κ1) is 13.2. The number of esters is 2. The summed E-state index contributed by atoms with van der Waals surface area (Å²) in [6.45, 7) is 1.27. The molecule has 0 bridgehead atoms. The molecule has 0 atom stereocenters. The first-order valence-electron chi connectivity index (χ1n) is 4.81. The van der Waals surface area contributed by atoms with Crippen LogP contribution in [-0.2, 0) is 19.1 Å². The van der Waals surface area contributed by atoms with Gasteiger partial charge in [-0.2, -0.15) is 0 Å². The third-order valence-corrected chi connectivity index (χ3v) is 2.52. The van der Waals surface area contributed by atoms with Crippen molar-refractivity contribution in [2.24, 2.45) is 0 Å². The topological polar surface area (TPSA) is 52.6 Å². The Morgan fingerprint density at radius 1 is 1.41 bits per heavy atom. The summed E-state index contributed by atoms with van der Waals surface area (Å²) in [5.41, 5.74) is 0. The maximum Gasteiger partial charge on any atom is 0.334 e. The third kappa shape index (κ3) is 5.12. The molecular weight excluding hydrogens is 240 g/mol. The molecule has 0 amide bonds. The summed E-state index contributed by atoms with van der Waals surface area (Å²) in [5.74, 6) is -0.911. The van der Waals surface area contributed by atoms with Crippen molar-refractivity contribution in [1.29, 1.82) is 0 Å². The van der Waals surface area contributed by atoms with Crippen LogP contribution >= 0.6 is 11.3 Å². The first-order valence-corrected chi connectivity index (χ1v) is 5.69. The number of allylic oxidation sites excluding steroid dienone is 1. The van der Waals surface area contributed by atoms with Gasteiger partial charge in [-0.15, -0.1) is 11.3 Å². The van der Waals surface area contributed by atoms with Crippen molar-refractivity contribution in [3.63, 3.8) is 0 Å². The van der Waals surface area contributed by atoms with Crippen LogP contribution in [-0.4, -0.2) is 19.0 Å². The lowest BCUT2D eigenvalue weighted by Gasteiger charge is -2.00. The molecule has 0 N–H and O–H groups in total. The van der Waals surface area contributed by atoms with Gasteiger partial charge < -0.3 is 9.47 Å².